The van der Waals surface area contributed by atoms with Gasteiger partial charge in [-0.15, -0.1) is 0 Å². The van der Waals surface area contributed by atoms with Gasteiger partial charge in [-0.05, 0) is 99.5 Å². The summed E-state index contributed by atoms with van der Waals surface area (Å²) in [6, 6.07) is 3.64. The Hall–Kier alpha value is -1.44. The number of allylic oxidation sites excluding steroid dienone is 4. The van der Waals surface area contributed by atoms with Gasteiger partial charge in [0.2, 0.25) is 0 Å². The summed E-state index contributed by atoms with van der Waals surface area (Å²) in [6.45, 7) is 4.37. The highest BCUT2D eigenvalue weighted by Crippen LogP contribution is 2.42. The van der Waals surface area contributed by atoms with Gasteiger partial charge in [0, 0.05) is 5.56 Å². The largest absolute Gasteiger partial charge is 0.203 e. The second-order valence-electron chi connectivity index (χ2n) is 10.3. The third-order valence-corrected chi connectivity index (χ3v) is 7.93. The molecule has 1 aromatic rings. The van der Waals surface area contributed by atoms with Crippen LogP contribution in [0.25, 0.3) is 5.57 Å². The summed E-state index contributed by atoms with van der Waals surface area (Å²) in [5.74, 6) is 1.16. The molecule has 32 heavy (non-hydrogen) atoms. The first kappa shape index (κ1) is 25.2. The number of aryl methyl sites for hydroxylation is 1. The first-order valence-corrected chi connectivity index (χ1v) is 13.4. The van der Waals surface area contributed by atoms with E-state index in [-0.39, 0.29) is 0 Å². The minimum Gasteiger partial charge on any atom is -0.203 e. The van der Waals surface area contributed by atoms with Gasteiger partial charge in [0.1, 0.15) is 0 Å². The van der Waals surface area contributed by atoms with Crippen molar-refractivity contribution in [2.24, 2.45) is 17.8 Å². The van der Waals surface area contributed by atoms with Crippen LogP contribution in [0.5, 0.6) is 0 Å². The van der Waals surface area contributed by atoms with Crippen LogP contribution in [-0.4, -0.2) is 0 Å². The summed E-state index contributed by atoms with van der Waals surface area (Å²) in [4.78, 5) is 0. The average Bonchev–Trinajstić information content (AvgIpc) is 2.82. The molecule has 1 atom stereocenters. The van der Waals surface area contributed by atoms with Gasteiger partial charge in [-0.2, -0.15) is 0 Å². The molecule has 1 fully saturated rings. The van der Waals surface area contributed by atoms with Crippen LogP contribution in [0.3, 0.4) is 0 Å². The fourth-order valence-corrected chi connectivity index (χ4v) is 5.75. The van der Waals surface area contributed by atoms with Crippen LogP contribution < -0.4 is 0 Å². The van der Waals surface area contributed by atoms with Gasteiger partial charge in [0.25, 0.3) is 0 Å². The molecule has 3 rings (SSSR count). The average molecular weight is 443 g/mol. The van der Waals surface area contributed by atoms with Crippen molar-refractivity contribution in [1.29, 1.82) is 0 Å². The van der Waals surface area contributed by atoms with Crippen LogP contribution in [-0.2, 0) is 6.42 Å². The molecule has 1 unspecified atom stereocenters. The Morgan fingerprint density at radius 2 is 1.62 bits per heavy atom. The molecule has 2 aliphatic rings. The Morgan fingerprint density at radius 1 is 0.844 bits per heavy atom. The fourth-order valence-electron chi connectivity index (χ4n) is 5.75. The number of halogens is 2. The molecule has 0 spiro atoms. The molecule has 0 saturated heterocycles. The fraction of sp³-hybridized carbons (Fsp3) is 0.667. The van der Waals surface area contributed by atoms with Crippen molar-refractivity contribution in [2.75, 3.05) is 0 Å². The summed E-state index contributed by atoms with van der Waals surface area (Å²) in [6.07, 6.45) is 24.2. The lowest BCUT2D eigenvalue weighted by Gasteiger charge is -2.35. The minimum absolute atomic E-state index is 0.499. The summed E-state index contributed by atoms with van der Waals surface area (Å²) >= 11 is 0. The molecule has 2 aliphatic carbocycles. The van der Waals surface area contributed by atoms with Crippen LogP contribution in [0, 0.1) is 29.4 Å². The zero-order valence-corrected chi connectivity index (χ0v) is 20.5. The molecule has 0 amide bonds. The third-order valence-electron chi connectivity index (χ3n) is 7.93. The highest BCUT2D eigenvalue weighted by Gasteiger charge is 2.29. The van der Waals surface area contributed by atoms with Crippen molar-refractivity contribution in [3.8, 4) is 0 Å². The number of benzene rings is 1. The topological polar surface area (TPSA) is 0 Å². The van der Waals surface area contributed by atoms with Crippen LogP contribution in [0.2, 0.25) is 0 Å². The molecule has 0 heterocycles. The summed E-state index contributed by atoms with van der Waals surface area (Å²) in [5, 5.41) is 0. The lowest BCUT2D eigenvalue weighted by Crippen LogP contribution is -2.23. The molecule has 178 valence electrons. The first-order chi connectivity index (χ1) is 15.6. The van der Waals surface area contributed by atoms with Crippen LogP contribution in [0.1, 0.15) is 115 Å². The van der Waals surface area contributed by atoms with Crippen LogP contribution >= 0.6 is 0 Å². The lowest BCUT2D eigenvalue weighted by atomic mass is 9.70. The maximum absolute atomic E-state index is 14.8. The molecule has 0 bridgehead atoms. The Kier molecular flexibility index (Phi) is 10.5. The van der Waals surface area contributed by atoms with E-state index in [9.17, 15) is 8.78 Å². The molecule has 0 aliphatic heterocycles. The predicted octanol–water partition coefficient (Wildman–Crippen LogP) is 9.82. The zero-order chi connectivity index (χ0) is 22.8. The van der Waals surface area contributed by atoms with Crippen molar-refractivity contribution < 1.29 is 8.78 Å². The number of rotatable bonds is 11. The van der Waals surface area contributed by atoms with Gasteiger partial charge in [0.05, 0.1) is 0 Å². The third kappa shape index (κ3) is 7.03. The molecular formula is C30H44F2. The maximum Gasteiger partial charge on any atom is 0.166 e. The van der Waals surface area contributed by atoms with Crippen LogP contribution in [0.15, 0.2) is 30.4 Å². The Bertz CT molecular complexity index is 752. The van der Waals surface area contributed by atoms with Crippen molar-refractivity contribution in [3.63, 3.8) is 0 Å². The highest BCUT2D eigenvalue weighted by molar-refractivity contribution is 5.67. The van der Waals surface area contributed by atoms with Crippen LogP contribution in [0.4, 0.5) is 8.78 Å². The molecule has 0 radical (unpaired) electrons. The van der Waals surface area contributed by atoms with Crippen molar-refractivity contribution in [3.05, 3.63) is 53.1 Å². The second-order valence-corrected chi connectivity index (χ2v) is 10.3. The van der Waals surface area contributed by atoms with Gasteiger partial charge >= 0.3 is 0 Å². The van der Waals surface area contributed by atoms with E-state index in [1.807, 2.05) is 12.1 Å². The van der Waals surface area contributed by atoms with Gasteiger partial charge in [-0.25, -0.2) is 8.78 Å². The van der Waals surface area contributed by atoms with Gasteiger partial charge in [-0.3, -0.25) is 0 Å². The smallest absolute Gasteiger partial charge is 0.166 e. The van der Waals surface area contributed by atoms with Gasteiger partial charge < -0.3 is 0 Å². The summed E-state index contributed by atoms with van der Waals surface area (Å²) in [7, 11) is 0. The molecule has 0 N–H and O–H groups in total. The quantitative estimate of drug-likeness (QED) is 0.236. The minimum atomic E-state index is -0.629. The number of hydrogen-bond donors (Lipinski definition) is 0. The second kappa shape index (κ2) is 13.3. The summed E-state index contributed by atoms with van der Waals surface area (Å²) in [5.41, 5.74) is 2.05. The lowest BCUT2D eigenvalue weighted by molar-refractivity contribution is 0.195. The summed E-state index contributed by atoms with van der Waals surface area (Å²) < 4.78 is 29.4. The van der Waals surface area contributed by atoms with E-state index in [0.717, 1.165) is 61.9 Å². The number of hydrogen-bond acceptors (Lipinski definition) is 0. The van der Waals surface area contributed by atoms with E-state index >= 15 is 0 Å². The number of unbranched alkanes of at least 4 members (excludes halogenated alkanes) is 4. The van der Waals surface area contributed by atoms with Crippen molar-refractivity contribution in [1.82, 2.24) is 0 Å². The molecule has 0 aromatic heterocycles. The highest BCUT2D eigenvalue weighted by atomic mass is 19.2. The van der Waals surface area contributed by atoms with E-state index in [2.05, 4.69) is 32.1 Å². The first-order valence-electron chi connectivity index (χ1n) is 13.4. The van der Waals surface area contributed by atoms with E-state index < -0.39 is 11.6 Å². The van der Waals surface area contributed by atoms with Crippen molar-refractivity contribution in [2.45, 2.75) is 110 Å². The van der Waals surface area contributed by atoms with E-state index in [1.54, 1.807) is 0 Å². The monoisotopic (exact) mass is 442 g/mol. The molecule has 1 aromatic carbocycles. The zero-order valence-electron chi connectivity index (χ0n) is 20.5. The Balaban J connectivity index is 1.49. The predicted molar refractivity (Wildman–Crippen MR) is 134 cm³/mol. The van der Waals surface area contributed by atoms with Gasteiger partial charge in [0.15, 0.2) is 11.6 Å². The molecule has 0 nitrogen and oxygen atoms in total. The van der Waals surface area contributed by atoms with E-state index in [4.69, 9.17) is 0 Å². The van der Waals surface area contributed by atoms with Crippen molar-refractivity contribution >= 4 is 5.57 Å². The van der Waals surface area contributed by atoms with Gasteiger partial charge in [-0.1, -0.05) is 69.9 Å². The van der Waals surface area contributed by atoms with E-state index in [0.29, 0.717) is 17.5 Å². The Labute approximate surface area is 195 Å². The standard InChI is InChI=1S/C30H44F2/c1-3-5-7-8-10-11-23-13-15-24(16-14-23)25-17-19-26(20-18-25)28-22-21-27(12-9-6-4-2)29(31)30(28)32/h8,10,19,21-25H,3-7,9,11-18,20H2,1-2H3. The normalized spacial score (nSPS) is 24.1. The molecular weight excluding hydrogens is 398 g/mol. The Morgan fingerprint density at radius 3 is 2.31 bits per heavy atom. The van der Waals surface area contributed by atoms with E-state index in [1.165, 1.54) is 51.4 Å². The maximum atomic E-state index is 14.8. The SMILES string of the molecule is CCCCC=CCC1CCC(C2CC=C(c3ccc(CCCCC)c(F)c3F)CC2)CC1. The molecule has 1 saturated carbocycles. The molecule has 2 heteroatoms.